The van der Waals surface area contributed by atoms with Crippen LogP contribution in [-0.4, -0.2) is 15.3 Å². The predicted molar refractivity (Wildman–Crippen MR) is 53.3 cm³/mol. The van der Waals surface area contributed by atoms with Crippen molar-refractivity contribution < 1.29 is 5.11 Å². The van der Waals surface area contributed by atoms with Crippen LogP contribution < -0.4 is 5.56 Å². The number of aromatic hydroxyl groups is 1. The third kappa shape index (κ3) is 1.21. The molecule has 0 aliphatic rings. The lowest BCUT2D eigenvalue weighted by atomic mass is 10.1. The van der Waals surface area contributed by atoms with Crippen LogP contribution in [0.2, 0.25) is 0 Å². The Bertz CT molecular complexity index is 511. The maximum atomic E-state index is 11.4. The molecule has 72 valence electrons. The Morgan fingerprint density at radius 2 is 1.93 bits per heavy atom. The van der Waals surface area contributed by atoms with Crippen LogP contribution in [0.3, 0.4) is 0 Å². The van der Waals surface area contributed by atoms with Crippen LogP contribution in [-0.2, 0) is 0 Å². The Labute approximate surface area is 80.2 Å². The van der Waals surface area contributed by atoms with E-state index >= 15 is 0 Å². The Balaban J connectivity index is 2.72. The molecule has 0 atom stereocenters. The summed E-state index contributed by atoms with van der Waals surface area (Å²) in [5.74, 6) is 0.112. The minimum Gasteiger partial charge on any atom is -0.507 e. The lowest BCUT2D eigenvalue weighted by molar-refractivity contribution is 0.477. The van der Waals surface area contributed by atoms with Crippen LogP contribution in [0.15, 0.2) is 29.1 Å². The van der Waals surface area contributed by atoms with Crippen molar-refractivity contribution in [3.63, 3.8) is 0 Å². The predicted octanol–water partition coefficient (Wildman–Crippen LogP) is 1.38. The lowest BCUT2D eigenvalue weighted by Gasteiger charge is -2.00. The molecule has 1 aromatic heterocycles. The Morgan fingerprint density at radius 1 is 1.21 bits per heavy atom. The van der Waals surface area contributed by atoms with Crippen LogP contribution in [0, 0.1) is 6.92 Å². The highest BCUT2D eigenvalue weighted by atomic mass is 16.3. The molecule has 0 bridgehead atoms. The summed E-state index contributed by atoms with van der Waals surface area (Å²) in [7, 11) is 0. The molecule has 0 radical (unpaired) electrons. The topological polar surface area (TPSA) is 68.9 Å². The Morgan fingerprint density at radius 3 is 2.50 bits per heavy atom. The SMILES string of the molecule is Cc1[nH][nH]c(=O)c1-c1ccccc1O. The van der Waals surface area contributed by atoms with Gasteiger partial charge in [-0.3, -0.25) is 9.89 Å². The first-order chi connectivity index (χ1) is 6.70. The molecular formula is C10H10N2O2. The van der Waals surface area contributed by atoms with Gasteiger partial charge in [0.2, 0.25) is 0 Å². The van der Waals surface area contributed by atoms with Crippen molar-refractivity contribution in [2.24, 2.45) is 0 Å². The standard InChI is InChI=1S/C10H10N2O2/c1-6-9(10(14)12-11-6)7-4-2-3-5-8(7)13/h2-5,13H,1H3,(H2,11,12,14). The fraction of sp³-hybridized carbons (Fsp3) is 0.100. The van der Waals surface area contributed by atoms with E-state index < -0.39 is 0 Å². The molecule has 0 aliphatic carbocycles. The van der Waals surface area contributed by atoms with Crippen LogP contribution >= 0.6 is 0 Å². The van der Waals surface area contributed by atoms with E-state index in [-0.39, 0.29) is 11.3 Å². The maximum Gasteiger partial charge on any atom is 0.272 e. The van der Waals surface area contributed by atoms with Crippen molar-refractivity contribution in [1.29, 1.82) is 0 Å². The second-order valence-electron chi connectivity index (χ2n) is 3.10. The van der Waals surface area contributed by atoms with Gasteiger partial charge in [0.15, 0.2) is 0 Å². The van der Waals surface area contributed by atoms with E-state index in [0.29, 0.717) is 11.1 Å². The van der Waals surface area contributed by atoms with Crippen LogP contribution in [0.5, 0.6) is 5.75 Å². The highest BCUT2D eigenvalue weighted by molar-refractivity contribution is 5.70. The Kier molecular flexibility index (Phi) is 1.89. The molecular weight excluding hydrogens is 180 g/mol. The third-order valence-corrected chi connectivity index (χ3v) is 2.14. The van der Waals surface area contributed by atoms with Crippen LogP contribution in [0.1, 0.15) is 5.69 Å². The molecule has 0 fully saturated rings. The molecule has 4 nitrogen and oxygen atoms in total. The van der Waals surface area contributed by atoms with Gasteiger partial charge in [0, 0.05) is 11.3 Å². The first kappa shape index (κ1) is 8.62. The molecule has 1 aromatic carbocycles. The number of phenols is 1. The summed E-state index contributed by atoms with van der Waals surface area (Å²) in [4.78, 5) is 11.4. The summed E-state index contributed by atoms with van der Waals surface area (Å²) >= 11 is 0. The molecule has 0 saturated heterocycles. The molecule has 0 spiro atoms. The van der Waals surface area contributed by atoms with Gasteiger partial charge in [0.1, 0.15) is 5.75 Å². The van der Waals surface area contributed by atoms with E-state index in [9.17, 15) is 9.90 Å². The summed E-state index contributed by atoms with van der Waals surface area (Å²) in [5, 5.41) is 14.7. The molecule has 0 amide bonds. The minimum atomic E-state index is -0.219. The number of aryl methyl sites for hydroxylation is 1. The molecule has 2 rings (SSSR count). The monoisotopic (exact) mass is 190 g/mol. The maximum absolute atomic E-state index is 11.4. The molecule has 0 aliphatic heterocycles. The van der Waals surface area contributed by atoms with E-state index in [1.165, 1.54) is 0 Å². The van der Waals surface area contributed by atoms with Gasteiger partial charge < -0.3 is 10.2 Å². The third-order valence-electron chi connectivity index (χ3n) is 2.14. The summed E-state index contributed by atoms with van der Waals surface area (Å²) in [6, 6.07) is 6.76. The molecule has 2 aromatic rings. The lowest BCUT2D eigenvalue weighted by Crippen LogP contribution is -2.01. The summed E-state index contributed by atoms with van der Waals surface area (Å²) in [6.07, 6.45) is 0. The number of hydrogen-bond donors (Lipinski definition) is 3. The average molecular weight is 190 g/mol. The van der Waals surface area contributed by atoms with Gasteiger partial charge in [-0.25, -0.2) is 0 Å². The summed E-state index contributed by atoms with van der Waals surface area (Å²) < 4.78 is 0. The van der Waals surface area contributed by atoms with Crippen LogP contribution in [0.25, 0.3) is 11.1 Å². The summed E-state index contributed by atoms with van der Waals surface area (Å²) in [6.45, 7) is 1.78. The van der Waals surface area contributed by atoms with Gasteiger partial charge in [-0.05, 0) is 13.0 Å². The molecule has 3 N–H and O–H groups in total. The molecule has 1 heterocycles. The number of aromatic nitrogens is 2. The number of rotatable bonds is 1. The first-order valence-electron chi connectivity index (χ1n) is 4.26. The van der Waals surface area contributed by atoms with E-state index in [1.54, 1.807) is 31.2 Å². The average Bonchev–Trinajstić information content (AvgIpc) is 2.48. The van der Waals surface area contributed by atoms with Crippen molar-refractivity contribution in [2.75, 3.05) is 0 Å². The first-order valence-corrected chi connectivity index (χ1v) is 4.26. The number of benzene rings is 1. The van der Waals surface area contributed by atoms with Crippen molar-refractivity contribution in [2.45, 2.75) is 6.92 Å². The molecule has 0 unspecified atom stereocenters. The van der Waals surface area contributed by atoms with Crippen molar-refractivity contribution in [1.82, 2.24) is 10.2 Å². The molecule has 0 saturated carbocycles. The number of H-pyrrole nitrogens is 2. The molecule has 14 heavy (non-hydrogen) atoms. The zero-order chi connectivity index (χ0) is 10.1. The summed E-state index contributed by atoms with van der Waals surface area (Å²) in [5.41, 5.74) is 1.54. The van der Waals surface area contributed by atoms with Crippen LogP contribution in [0.4, 0.5) is 0 Å². The van der Waals surface area contributed by atoms with E-state index in [1.807, 2.05) is 0 Å². The zero-order valence-corrected chi connectivity index (χ0v) is 7.66. The fourth-order valence-electron chi connectivity index (χ4n) is 1.46. The molecule has 4 heteroatoms. The minimum absolute atomic E-state index is 0.112. The number of para-hydroxylation sites is 1. The smallest absolute Gasteiger partial charge is 0.272 e. The highest BCUT2D eigenvalue weighted by Gasteiger charge is 2.11. The van der Waals surface area contributed by atoms with Crippen molar-refractivity contribution >= 4 is 0 Å². The second kappa shape index (κ2) is 3.06. The van der Waals surface area contributed by atoms with Gasteiger partial charge in [0.05, 0.1) is 5.56 Å². The normalized spacial score (nSPS) is 10.4. The van der Waals surface area contributed by atoms with Gasteiger partial charge >= 0.3 is 0 Å². The van der Waals surface area contributed by atoms with Crippen molar-refractivity contribution in [3.05, 3.63) is 40.3 Å². The largest absolute Gasteiger partial charge is 0.507 e. The second-order valence-corrected chi connectivity index (χ2v) is 3.10. The van der Waals surface area contributed by atoms with E-state index in [0.717, 1.165) is 5.69 Å². The van der Waals surface area contributed by atoms with Crippen molar-refractivity contribution in [3.8, 4) is 16.9 Å². The van der Waals surface area contributed by atoms with E-state index in [2.05, 4.69) is 10.2 Å². The van der Waals surface area contributed by atoms with E-state index in [4.69, 9.17) is 0 Å². The van der Waals surface area contributed by atoms with Gasteiger partial charge in [-0.2, -0.15) is 0 Å². The van der Waals surface area contributed by atoms with Gasteiger partial charge in [-0.1, -0.05) is 18.2 Å². The zero-order valence-electron chi connectivity index (χ0n) is 7.66. The number of nitrogens with one attached hydrogen (secondary N) is 2. The quantitative estimate of drug-likeness (QED) is 0.635. The number of aromatic amines is 2. The highest BCUT2D eigenvalue weighted by Crippen LogP contribution is 2.27. The number of phenolic OH excluding ortho intramolecular Hbond substituents is 1. The van der Waals surface area contributed by atoms with Gasteiger partial charge in [-0.15, -0.1) is 0 Å². The van der Waals surface area contributed by atoms with Gasteiger partial charge in [0.25, 0.3) is 5.56 Å². The Hall–Kier alpha value is -1.97. The number of hydrogen-bond acceptors (Lipinski definition) is 2. The fourth-order valence-corrected chi connectivity index (χ4v) is 1.46.